The number of hydrogen-bond donors (Lipinski definition) is 1. The quantitative estimate of drug-likeness (QED) is 0.846. The summed E-state index contributed by atoms with van der Waals surface area (Å²) in [5, 5.41) is 2.94. The second-order valence-electron chi connectivity index (χ2n) is 4.01. The zero-order chi connectivity index (χ0) is 12.2. The van der Waals surface area contributed by atoms with Gasteiger partial charge in [0.1, 0.15) is 0 Å². The minimum Gasteiger partial charge on any atom is -0.346 e. The van der Waals surface area contributed by atoms with Gasteiger partial charge < -0.3 is 5.32 Å². The summed E-state index contributed by atoms with van der Waals surface area (Å²) in [7, 11) is 0. The molecule has 0 radical (unpaired) electrons. The molecule has 0 bridgehead atoms. The molecule has 1 N–H and O–H groups in total. The summed E-state index contributed by atoms with van der Waals surface area (Å²) >= 11 is 9.17. The highest BCUT2D eigenvalue weighted by Crippen LogP contribution is 2.14. The maximum atomic E-state index is 11.9. The van der Waals surface area contributed by atoms with E-state index in [-0.39, 0.29) is 11.4 Å². The molecule has 0 saturated heterocycles. The molecule has 1 unspecified atom stereocenters. The third-order valence-corrected chi connectivity index (χ3v) is 3.72. The van der Waals surface area contributed by atoms with Crippen LogP contribution in [0.25, 0.3) is 0 Å². The largest absolute Gasteiger partial charge is 0.346 e. The van der Waals surface area contributed by atoms with Crippen LogP contribution >= 0.6 is 27.5 Å². The maximum Gasteiger partial charge on any atom is 0.251 e. The van der Waals surface area contributed by atoms with Gasteiger partial charge in [0.2, 0.25) is 0 Å². The van der Waals surface area contributed by atoms with E-state index in [1.807, 2.05) is 26.0 Å². The average molecular weight is 305 g/mol. The monoisotopic (exact) mass is 303 g/mol. The number of nitrogens with one attached hydrogen (secondary N) is 1. The van der Waals surface area contributed by atoms with Gasteiger partial charge in [-0.25, -0.2) is 0 Å². The molecule has 1 atom stereocenters. The van der Waals surface area contributed by atoms with E-state index in [1.165, 1.54) is 0 Å². The predicted molar refractivity (Wildman–Crippen MR) is 71.0 cm³/mol. The lowest BCUT2D eigenvalue weighted by Crippen LogP contribution is -2.47. The molecule has 0 saturated carbocycles. The molecule has 0 aliphatic carbocycles. The van der Waals surface area contributed by atoms with Gasteiger partial charge in [-0.05, 0) is 37.6 Å². The van der Waals surface area contributed by atoms with Crippen molar-refractivity contribution in [2.24, 2.45) is 0 Å². The Morgan fingerprint density at radius 3 is 2.44 bits per heavy atom. The van der Waals surface area contributed by atoms with Crippen LogP contribution in [0.3, 0.4) is 0 Å². The molecule has 1 amide bonds. The first-order valence-electron chi connectivity index (χ1n) is 5.15. The van der Waals surface area contributed by atoms with E-state index >= 15 is 0 Å². The van der Waals surface area contributed by atoms with Crippen LogP contribution in [0.15, 0.2) is 28.7 Å². The van der Waals surface area contributed by atoms with Gasteiger partial charge in [-0.1, -0.05) is 22.9 Å². The molecule has 0 aliphatic rings. The summed E-state index contributed by atoms with van der Waals surface area (Å²) in [5.41, 5.74) is 0.305. The average Bonchev–Trinajstić information content (AvgIpc) is 2.29. The van der Waals surface area contributed by atoms with Gasteiger partial charge in [-0.3, -0.25) is 4.79 Å². The molecule has 2 nitrogen and oxygen atoms in total. The summed E-state index contributed by atoms with van der Waals surface area (Å²) < 4.78 is 0.958. The summed E-state index contributed by atoms with van der Waals surface area (Å²) in [6, 6.07) is 7.26. The van der Waals surface area contributed by atoms with Crippen molar-refractivity contribution in [2.45, 2.75) is 25.8 Å². The Bertz CT molecular complexity index is 360. The number of halogens is 2. The third kappa shape index (κ3) is 3.49. The lowest BCUT2D eigenvalue weighted by atomic mass is 10.0. The Labute approximate surface area is 110 Å². The lowest BCUT2D eigenvalue weighted by molar-refractivity contribution is 0.0912. The second-order valence-corrected chi connectivity index (χ2v) is 5.19. The highest BCUT2D eigenvalue weighted by molar-refractivity contribution is 9.10. The highest BCUT2D eigenvalue weighted by atomic mass is 79.9. The smallest absolute Gasteiger partial charge is 0.251 e. The minimum absolute atomic E-state index is 0.0856. The number of hydrogen-bond acceptors (Lipinski definition) is 1. The molecule has 4 heteroatoms. The van der Waals surface area contributed by atoms with Crippen molar-refractivity contribution in [3.8, 4) is 0 Å². The van der Waals surface area contributed by atoms with Crippen LogP contribution in [0.4, 0.5) is 0 Å². The Hall–Kier alpha value is -0.540. The third-order valence-electron chi connectivity index (χ3n) is 2.60. The number of benzene rings is 1. The SMILES string of the molecule is CCC(C)(CCl)NC(=O)c1ccc(Br)cc1. The number of amides is 1. The highest BCUT2D eigenvalue weighted by Gasteiger charge is 2.23. The lowest BCUT2D eigenvalue weighted by Gasteiger charge is -2.27. The number of carbonyl (C=O) groups is 1. The summed E-state index contributed by atoms with van der Waals surface area (Å²) in [5.74, 6) is 0.323. The van der Waals surface area contributed by atoms with E-state index in [0.717, 1.165) is 10.9 Å². The van der Waals surface area contributed by atoms with Crippen LogP contribution in [0.5, 0.6) is 0 Å². The van der Waals surface area contributed by atoms with Crippen LogP contribution in [0, 0.1) is 0 Å². The standard InChI is InChI=1S/C12H15BrClNO/c1-3-12(2,8-14)15-11(16)9-4-6-10(13)7-5-9/h4-7H,3,8H2,1-2H3,(H,15,16). The fraction of sp³-hybridized carbons (Fsp3) is 0.417. The van der Waals surface area contributed by atoms with Gasteiger partial charge in [0.15, 0.2) is 0 Å². The van der Waals surface area contributed by atoms with Gasteiger partial charge >= 0.3 is 0 Å². The molecule has 16 heavy (non-hydrogen) atoms. The van der Waals surface area contributed by atoms with Crippen LogP contribution in [-0.4, -0.2) is 17.3 Å². The summed E-state index contributed by atoms with van der Waals surface area (Å²) in [6.45, 7) is 3.95. The van der Waals surface area contributed by atoms with Gasteiger partial charge in [-0.2, -0.15) is 0 Å². The molecular formula is C12H15BrClNO. The van der Waals surface area contributed by atoms with Crippen molar-refractivity contribution < 1.29 is 4.79 Å². The molecule has 1 aromatic rings. The first-order chi connectivity index (χ1) is 7.50. The predicted octanol–water partition coefficient (Wildman–Crippen LogP) is 3.59. The fourth-order valence-electron chi connectivity index (χ4n) is 1.16. The topological polar surface area (TPSA) is 29.1 Å². The van der Waals surface area contributed by atoms with Crippen molar-refractivity contribution in [1.82, 2.24) is 5.32 Å². The molecule has 0 aromatic heterocycles. The van der Waals surface area contributed by atoms with Gasteiger partial charge in [-0.15, -0.1) is 11.6 Å². The first kappa shape index (κ1) is 13.5. The van der Waals surface area contributed by atoms with E-state index in [9.17, 15) is 4.79 Å². The van der Waals surface area contributed by atoms with Crippen molar-refractivity contribution in [3.63, 3.8) is 0 Å². The van der Waals surface area contributed by atoms with Gasteiger partial charge in [0, 0.05) is 15.9 Å². The molecule has 0 aliphatic heterocycles. The zero-order valence-corrected chi connectivity index (χ0v) is 11.7. The molecular weight excluding hydrogens is 289 g/mol. The number of rotatable bonds is 4. The van der Waals surface area contributed by atoms with Crippen LogP contribution < -0.4 is 5.32 Å². The molecule has 1 aromatic carbocycles. The molecule has 0 fully saturated rings. The Morgan fingerprint density at radius 1 is 1.44 bits per heavy atom. The molecule has 1 rings (SSSR count). The van der Waals surface area contributed by atoms with Crippen molar-refractivity contribution in [3.05, 3.63) is 34.3 Å². The minimum atomic E-state index is -0.342. The number of carbonyl (C=O) groups excluding carboxylic acids is 1. The van der Waals surface area contributed by atoms with Crippen LogP contribution in [0.2, 0.25) is 0 Å². The fourth-order valence-corrected chi connectivity index (χ4v) is 1.68. The second kappa shape index (κ2) is 5.69. The molecule has 88 valence electrons. The Balaban J connectivity index is 2.76. The first-order valence-corrected chi connectivity index (χ1v) is 6.47. The van der Waals surface area contributed by atoms with Crippen molar-refractivity contribution in [2.75, 3.05) is 5.88 Å². The summed E-state index contributed by atoms with van der Waals surface area (Å²) in [4.78, 5) is 11.9. The normalized spacial score (nSPS) is 14.2. The van der Waals surface area contributed by atoms with Crippen LogP contribution in [0.1, 0.15) is 30.6 Å². The zero-order valence-electron chi connectivity index (χ0n) is 9.39. The number of alkyl halides is 1. The van der Waals surface area contributed by atoms with E-state index in [0.29, 0.717) is 11.4 Å². The van der Waals surface area contributed by atoms with Crippen molar-refractivity contribution >= 4 is 33.4 Å². The Morgan fingerprint density at radius 2 is 2.00 bits per heavy atom. The van der Waals surface area contributed by atoms with E-state index in [2.05, 4.69) is 21.2 Å². The molecule has 0 heterocycles. The van der Waals surface area contributed by atoms with Crippen molar-refractivity contribution in [1.29, 1.82) is 0 Å². The van der Waals surface area contributed by atoms with E-state index in [4.69, 9.17) is 11.6 Å². The maximum absolute atomic E-state index is 11.9. The van der Waals surface area contributed by atoms with E-state index in [1.54, 1.807) is 12.1 Å². The molecule has 0 spiro atoms. The summed E-state index contributed by atoms with van der Waals surface area (Å²) in [6.07, 6.45) is 0.804. The van der Waals surface area contributed by atoms with E-state index < -0.39 is 0 Å². The Kier molecular flexibility index (Phi) is 4.81. The van der Waals surface area contributed by atoms with Gasteiger partial charge in [0.05, 0.1) is 5.54 Å². The van der Waals surface area contributed by atoms with Gasteiger partial charge in [0.25, 0.3) is 5.91 Å². The van der Waals surface area contributed by atoms with Crippen LogP contribution in [-0.2, 0) is 0 Å².